The second-order valence-electron chi connectivity index (χ2n) is 5.54. The number of hydrogen-bond donors (Lipinski definition) is 2. The largest absolute Gasteiger partial charge is 0.368 e. The van der Waals surface area contributed by atoms with Crippen molar-refractivity contribution >= 4 is 56.0 Å². The first-order valence-corrected chi connectivity index (χ1v) is 10.1. The van der Waals surface area contributed by atoms with Crippen LogP contribution >= 0.6 is 23.2 Å². The topological polar surface area (TPSA) is 111 Å². The van der Waals surface area contributed by atoms with Gasteiger partial charge in [-0.25, -0.2) is 18.4 Å². The van der Waals surface area contributed by atoms with E-state index in [1.807, 2.05) is 0 Å². The molecule has 0 atom stereocenters. The molecule has 3 N–H and O–H groups in total. The van der Waals surface area contributed by atoms with E-state index < -0.39 is 10.0 Å². The molecular formula is C16H15Cl2N5O2S. The Morgan fingerprint density at radius 2 is 1.88 bits per heavy atom. The van der Waals surface area contributed by atoms with Gasteiger partial charge in [-0.05, 0) is 24.6 Å². The van der Waals surface area contributed by atoms with Gasteiger partial charge in [0.05, 0.1) is 15.8 Å². The summed E-state index contributed by atoms with van der Waals surface area (Å²) in [4.78, 5) is 12.3. The first-order chi connectivity index (χ1) is 12.3. The van der Waals surface area contributed by atoms with Gasteiger partial charge in [0.15, 0.2) is 5.65 Å². The molecule has 0 bridgehead atoms. The quantitative estimate of drug-likeness (QED) is 0.661. The third-order valence-electron chi connectivity index (χ3n) is 3.54. The van der Waals surface area contributed by atoms with Gasteiger partial charge < -0.3 is 5.73 Å². The molecule has 2 heterocycles. The maximum Gasteiger partial charge on any atom is 0.233 e. The van der Waals surface area contributed by atoms with Gasteiger partial charge in [-0.15, -0.1) is 0 Å². The predicted octanol–water partition coefficient (Wildman–Crippen LogP) is 3.73. The van der Waals surface area contributed by atoms with Crippen LogP contribution in [0.25, 0.3) is 22.2 Å². The number of rotatable bonds is 5. The van der Waals surface area contributed by atoms with Crippen molar-refractivity contribution in [1.82, 2.24) is 15.0 Å². The van der Waals surface area contributed by atoms with E-state index in [2.05, 4.69) is 19.7 Å². The van der Waals surface area contributed by atoms with Crippen LogP contribution in [-0.2, 0) is 10.0 Å². The van der Waals surface area contributed by atoms with Crippen molar-refractivity contribution in [3.63, 3.8) is 0 Å². The molecule has 0 aliphatic heterocycles. The van der Waals surface area contributed by atoms with Crippen molar-refractivity contribution in [3.8, 4) is 11.1 Å². The first kappa shape index (κ1) is 18.6. The van der Waals surface area contributed by atoms with Crippen LogP contribution in [0.3, 0.4) is 0 Å². The minimum absolute atomic E-state index is 0.0379. The number of aromatic nitrogens is 3. The highest BCUT2D eigenvalue weighted by Crippen LogP contribution is 2.39. The Morgan fingerprint density at radius 3 is 2.54 bits per heavy atom. The molecule has 26 heavy (non-hydrogen) atoms. The summed E-state index contributed by atoms with van der Waals surface area (Å²) in [7, 11) is -3.59. The molecule has 1 aromatic carbocycles. The van der Waals surface area contributed by atoms with Crippen LogP contribution in [0.4, 0.5) is 11.8 Å². The highest BCUT2D eigenvalue weighted by molar-refractivity contribution is 7.92. The van der Waals surface area contributed by atoms with Gasteiger partial charge in [0.2, 0.25) is 16.0 Å². The molecule has 0 saturated heterocycles. The van der Waals surface area contributed by atoms with Crippen molar-refractivity contribution < 1.29 is 8.42 Å². The van der Waals surface area contributed by atoms with E-state index in [1.54, 1.807) is 31.2 Å². The average molecular weight is 412 g/mol. The molecule has 0 saturated carbocycles. The summed E-state index contributed by atoms with van der Waals surface area (Å²) in [6.07, 6.45) is 1.96. The molecule has 0 spiro atoms. The highest BCUT2D eigenvalue weighted by atomic mass is 35.5. The van der Waals surface area contributed by atoms with Gasteiger partial charge in [0.1, 0.15) is 5.82 Å². The molecule has 0 aliphatic rings. The molecule has 3 rings (SSSR count). The van der Waals surface area contributed by atoms with Gasteiger partial charge >= 0.3 is 0 Å². The monoisotopic (exact) mass is 411 g/mol. The zero-order valence-corrected chi connectivity index (χ0v) is 16.0. The molecule has 0 amide bonds. The summed E-state index contributed by atoms with van der Waals surface area (Å²) < 4.78 is 27.1. The van der Waals surface area contributed by atoms with Gasteiger partial charge in [0, 0.05) is 22.7 Å². The van der Waals surface area contributed by atoms with Crippen molar-refractivity contribution in [2.45, 2.75) is 13.3 Å². The Labute approximate surface area is 160 Å². The van der Waals surface area contributed by atoms with Crippen molar-refractivity contribution in [3.05, 3.63) is 40.5 Å². The van der Waals surface area contributed by atoms with Crippen LogP contribution in [0.2, 0.25) is 10.0 Å². The fourth-order valence-electron chi connectivity index (χ4n) is 2.47. The normalized spacial score (nSPS) is 11.7. The molecule has 3 aromatic rings. The molecule has 0 fully saturated rings. The highest BCUT2D eigenvalue weighted by Gasteiger charge is 2.19. The van der Waals surface area contributed by atoms with E-state index in [9.17, 15) is 8.42 Å². The van der Waals surface area contributed by atoms with Crippen LogP contribution in [-0.4, -0.2) is 29.1 Å². The number of fused-ring (bicyclic) bond motifs is 1. The summed E-state index contributed by atoms with van der Waals surface area (Å²) in [6.45, 7) is 1.77. The minimum atomic E-state index is -3.59. The van der Waals surface area contributed by atoms with Gasteiger partial charge in [-0.3, -0.25) is 4.72 Å². The lowest BCUT2D eigenvalue weighted by molar-refractivity contribution is 0.599. The zero-order chi connectivity index (χ0) is 18.9. The average Bonchev–Trinajstić information content (AvgIpc) is 2.54. The van der Waals surface area contributed by atoms with Crippen molar-refractivity contribution in [2.75, 3.05) is 16.2 Å². The molecular weight excluding hydrogens is 397 g/mol. The summed E-state index contributed by atoms with van der Waals surface area (Å²) >= 11 is 12.6. The summed E-state index contributed by atoms with van der Waals surface area (Å²) in [5.74, 6) is 0.0730. The summed E-state index contributed by atoms with van der Waals surface area (Å²) in [5.41, 5.74) is 6.77. The smallest absolute Gasteiger partial charge is 0.233 e. The number of nitrogen functional groups attached to an aromatic ring is 1. The Hall–Kier alpha value is -2.16. The fourth-order valence-corrected chi connectivity index (χ4v) is 4.16. The Balaban J connectivity index is 2.29. The number of nitrogens with one attached hydrogen (secondary N) is 1. The third-order valence-corrected chi connectivity index (χ3v) is 5.62. The number of hydrogen-bond acceptors (Lipinski definition) is 6. The number of nitrogens with two attached hydrogens (primary N) is 1. The van der Waals surface area contributed by atoms with Crippen LogP contribution in [0.15, 0.2) is 30.5 Å². The summed E-state index contributed by atoms with van der Waals surface area (Å²) in [6, 6.07) is 6.71. The number of halogens is 2. The van der Waals surface area contributed by atoms with E-state index in [0.29, 0.717) is 33.0 Å². The number of sulfonamides is 1. The maximum absolute atomic E-state index is 12.3. The molecule has 136 valence electrons. The number of nitrogens with zero attached hydrogens (tertiary/aromatic N) is 3. The van der Waals surface area contributed by atoms with Gasteiger partial charge in [-0.1, -0.05) is 36.2 Å². The maximum atomic E-state index is 12.3. The first-order valence-electron chi connectivity index (χ1n) is 7.69. The lowest BCUT2D eigenvalue weighted by atomic mass is 10.1. The molecule has 0 aliphatic carbocycles. The van der Waals surface area contributed by atoms with Crippen molar-refractivity contribution in [1.29, 1.82) is 0 Å². The lowest BCUT2D eigenvalue weighted by Gasteiger charge is -2.15. The number of pyridine rings is 1. The van der Waals surface area contributed by atoms with Gasteiger partial charge in [-0.2, -0.15) is 4.98 Å². The SMILES string of the molecule is CCCS(=O)(=O)Nc1nc2nc(N)ncc2cc1-c1c(Cl)cccc1Cl. The molecule has 7 nitrogen and oxygen atoms in total. The standard InChI is InChI=1S/C16H15Cl2N5O2S/c1-2-6-26(24,25)23-15-10(13-11(17)4-3-5-12(13)18)7-9-8-20-16(19)22-14(9)21-15/h3-5,7-8H,2,6H2,1H3,(H3,19,20,21,22,23). The van der Waals surface area contributed by atoms with Crippen LogP contribution in [0, 0.1) is 0 Å². The fraction of sp³-hybridized carbons (Fsp3) is 0.188. The number of anilines is 2. The molecule has 0 radical (unpaired) electrons. The van der Waals surface area contributed by atoms with Gasteiger partial charge in [0.25, 0.3) is 0 Å². The minimum Gasteiger partial charge on any atom is -0.368 e. The Kier molecular flexibility index (Phi) is 5.17. The predicted molar refractivity (Wildman–Crippen MR) is 105 cm³/mol. The molecule has 2 aromatic heterocycles. The second kappa shape index (κ2) is 7.22. The van der Waals surface area contributed by atoms with E-state index in [1.165, 1.54) is 6.20 Å². The second-order valence-corrected chi connectivity index (χ2v) is 8.20. The van der Waals surface area contributed by atoms with Crippen LogP contribution in [0.1, 0.15) is 13.3 Å². The lowest BCUT2D eigenvalue weighted by Crippen LogP contribution is -2.18. The third kappa shape index (κ3) is 3.82. The van der Waals surface area contributed by atoms with E-state index in [4.69, 9.17) is 28.9 Å². The van der Waals surface area contributed by atoms with Crippen LogP contribution < -0.4 is 10.5 Å². The number of benzene rings is 1. The zero-order valence-electron chi connectivity index (χ0n) is 13.7. The summed E-state index contributed by atoms with van der Waals surface area (Å²) in [5, 5.41) is 1.31. The van der Waals surface area contributed by atoms with E-state index >= 15 is 0 Å². The van der Waals surface area contributed by atoms with E-state index in [0.717, 1.165) is 0 Å². The van der Waals surface area contributed by atoms with Crippen LogP contribution in [0.5, 0.6) is 0 Å². The Morgan fingerprint density at radius 1 is 1.19 bits per heavy atom. The van der Waals surface area contributed by atoms with Crippen molar-refractivity contribution in [2.24, 2.45) is 0 Å². The molecule has 10 heteroatoms. The van der Waals surface area contributed by atoms with E-state index in [-0.39, 0.29) is 23.2 Å². The Bertz CT molecular complexity index is 1070. The molecule has 0 unspecified atom stereocenters.